The average Bonchev–Trinajstić information content (AvgIpc) is 3.44. The minimum absolute atomic E-state index is 0.139. The fraction of sp³-hybridized carbons (Fsp3) is 0.160. The van der Waals surface area contributed by atoms with Crippen LogP contribution in [0.25, 0.3) is 6.08 Å². The number of benzene rings is 2. The van der Waals surface area contributed by atoms with E-state index in [-0.39, 0.29) is 12.5 Å². The van der Waals surface area contributed by atoms with Crippen molar-refractivity contribution in [3.8, 4) is 11.5 Å². The first-order valence-corrected chi connectivity index (χ1v) is 11.0. The minimum atomic E-state index is -0.139. The van der Waals surface area contributed by atoms with E-state index in [4.69, 9.17) is 13.9 Å². The zero-order valence-corrected chi connectivity index (χ0v) is 19.3. The first-order chi connectivity index (χ1) is 16.1. The Kier molecular flexibility index (Phi) is 6.95. The van der Waals surface area contributed by atoms with E-state index in [1.54, 1.807) is 49.8 Å². The van der Waals surface area contributed by atoms with Crippen molar-refractivity contribution in [3.63, 3.8) is 0 Å². The highest BCUT2D eigenvalue weighted by molar-refractivity contribution is 8.18. The van der Waals surface area contributed by atoms with Gasteiger partial charge in [-0.2, -0.15) is 5.10 Å². The monoisotopic (exact) mass is 461 g/mol. The molecule has 0 spiro atoms. The molecule has 0 bridgehead atoms. The summed E-state index contributed by atoms with van der Waals surface area (Å²) in [6.07, 6.45) is 5.07. The average molecular weight is 462 g/mol. The van der Waals surface area contributed by atoms with Gasteiger partial charge in [-0.15, -0.1) is 5.10 Å². The summed E-state index contributed by atoms with van der Waals surface area (Å²) in [6, 6.07) is 17.0. The van der Waals surface area contributed by atoms with Gasteiger partial charge >= 0.3 is 0 Å². The lowest BCUT2D eigenvalue weighted by Gasteiger charge is -2.12. The lowest BCUT2D eigenvalue weighted by atomic mass is 10.1. The molecule has 33 heavy (non-hydrogen) atoms. The molecule has 1 aliphatic heterocycles. The van der Waals surface area contributed by atoms with Crippen LogP contribution in [0.4, 0.5) is 0 Å². The first-order valence-electron chi connectivity index (χ1n) is 10.2. The highest BCUT2D eigenvalue weighted by Gasteiger charge is 2.34. The van der Waals surface area contributed by atoms with Crippen LogP contribution in [0.15, 0.2) is 80.4 Å². The van der Waals surface area contributed by atoms with Crippen molar-refractivity contribution in [2.75, 3.05) is 14.2 Å². The predicted octanol–water partition coefficient (Wildman–Crippen LogP) is 5.11. The predicted molar refractivity (Wildman–Crippen MR) is 131 cm³/mol. The van der Waals surface area contributed by atoms with Gasteiger partial charge in [0.2, 0.25) is 0 Å². The molecule has 0 unspecified atom stereocenters. The minimum Gasteiger partial charge on any atom is -0.493 e. The first kappa shape index (κ1) is 22.4. The Hall–Kier alpha value is -3.78. The molecule has 7 nitrogen and oxygen atoms in total. The van der Waals surface area contributed by atoms with E-state index in [2.05, 4.69) is 10.2 Å². The van der Waals surface area contributed by atoms with Gasteiger partial charge in [-0.3, -0.25) is 9.69 Å². The number of amidine groups is 1. The second-order valence-corrected chi connectivity index (χ2v) is 8.19. The zero-order chi connectivity index (χ0) is 23.2. The van der Waals surface area contributed by atoms with Crippen LogP contribution in [0.5, 0.6) is 11.5 Å². The molecule has 0 N–H and O–H groups in total. The smallest absolute Gasteiger partial charge is 0.267 e. The number of amides is 1. The molecule has 1 amide bonds. The molecule has 1 aliphatic rings. The molecule has 0 atom stereocenters. The van der Waals surface area contributed by atoms with Crippen LogP contribution < -0.4 is 9.47 Å². The fourth-order valence-corrected chi connectivity index (χ4v) is 4.17. The van der Waals surface area contributed by atoms with Crippen LogP contribution in [-0.2, 0) is 11.3 Å². The Morgan fingerprint density at radius 1 is 1.06 bits per heavy atom. The van der Waals surface area contributed by atoms with Gasteiger partial charge in [-0.25, -0.2) is 0 Å². The normalized spacial score (nSPS) is 16.3. The Bertz CT molecular complexity index is 1230. The van der Waals surface area contributed by atoms with Crippen molar-refractivity contribution >= 4 is 35.1 Å². The molecule has 1 aromatic heterocycles. The molecule has 1 saturated heterocycles. The number of carbonyl (C=O) groups is 1. The Balaban J connectivity index is 1.62. The van der Waals surface area contributed by atoms with Crippen molar-refractivity contribution in [2.45, 2.75) is 13.5 Å². The third-order valence-electron chi connectivity index (χ3n) is 5.01. The molecular formula is C25H23N3O4S. The molecule has 4 rings (SSSR count). The van der Waals surface area contributed by atoms with Crippen LogP contribution in [-0.4, -0.2) is 36.4 Å². The molecule has 0 aliphatic carbocycles. The fourth-order valence-electron chi connectivity index (χ4n) is 3.25. The lowest BCUT2D eigenvalue weighted by Crippen LogP contribution is -2.28. The molecule has 2 heterocycles. The molecule has 2 aromatic carbocycles. The largest absolute Gasteiger partial charge is 0.493 e. The second kappa shape index (κ2) is 10.2. The maximum absolute atomic E-state index is 13.2. The molecule has 168 valence electrons. The van der Waals surface area contributed by atoms with Crippen molar-refractivity contribution in [2.24, 2.45) is 10.2 Å². The number of carbonyl (C=O) groups excluding carboxylic acids is 1. The van der Waals surface area contributed by atoms with E-state index in [0.717, 1.165) is 16.7 Å². The van der Waals surface area contributed by atoms with E-state index in [9.17, 15) is 4.79 Å². The van der Waals surface area contributed by atoms with Gasteiger partial charge in [0, 0.05) is 0 Å². The SMILES string of the molecule is COc1ccc(/C=N/N=C2\S/C(=C\c3ccccc3C)C(=O)N2Cc2ccco2)cc1OC. The van der Waals surface area contributed by atoms with Crippen LogP contribution >= 0.6 is 11.8 Å². The number of aryl methyl sites for hydroxylation is 1. The number of thioether (sulfide) groups is 1. The Labute approximate surface area is 196 Å². The second-order valence-electron chi connectivity index (χ2n) is 7.18. The number of ether oxygens (including phenoxy) is 2. The number of nitrogens with zero attached hydrogens (tertiary/aromatic N) is 3. The summed E-state index contributed by atoms with van der Waals surface area (Å²) in [5.41, 5.74) is 2.87. The molecule has 1 fully saturated rings. The van der Waals surface area contributed by atoms with E-state index in [0.29, 0.717) is 27.3 Å². The number of methoxy groups -OCH3 is 2. The van der Waals surface area contributed by atoms with Crippen molar-refractivity contribution in [1.29, 1.82) is 0 Å². The van der Waals surface area contributed by atoms with Crippen LogP contribution in [0, 0.1) is 6.92 Å². The lowest BCUT2D eigenvalue weighted by molar-refractivity contribution is -0.122. The number of furan rings is 1. The van der Waals surface area contributed by atoms with Gasteiger partial charge < -0.3 is 13.9 Å². The third-order valence-corrected chi connectivity index (χ3v) is 6.01. The van der Waals surface area contributed by atoms with E-state index in [1.807, 2.05) is 49.4 Å². The Morgan fingerprint density at radius 2 is 1.88 bits per heavy atom. The standard InChI is InChI=1S/C25H23N3O4S/c1-17-7-4-5-8-19(17)14-23-24(29)28(16-20-9-6-12-32-20)25(33-23)27-26-15-18-10-11-21(30-2)22(13-18)31-3/h4-15H,16H2,1-3H3/b23-14-,26-15+,27-25-. The quantitative estimate of drug-likeness (QED) is 0.278. The van der Waals surface area contributed by atoms with E-state index in [1.165, 1.54) is 11.8 Å². The Morgan fingerprint density at radius 3 is 2.61 bits per heavy atom. The van der Waals surface area contributed by atoms with Gasteiger partial charge in [0.15, 0.2) is 16.7 Å². The molecule has 0 radical (unpaired) electrons. The van der Waals surface area contributed by atoms with Gasteiger partial charge in [0.05, 0.1) is 38.1 Å². The van der Waals surface area contributed by atoms with Crippen molar-refractivity contribution in [3.05, 3.63) is 88.2 Å². The summed E-state index contributed by atoms with van der Waals surface area (Å²) in [5.74, 6) is 1.76. The topological polar surface area (TPSA) is 76.6 Å². The van der Waals surface area contributed by atoms with Gasteiger partial charge in [-0.1, -0.05) is 24.3 Å². The van der Waals surface area contributed by atoms with Gasteiger partial charge in [0.25, 0.3) is 5.91 Å². The maximum atomic E-state index is 13.2. The third kappa shape index (κ3) is 5.18. The summed E-state index contributed by atoms with van der Waals surface area (Å²) in [7, 11) is 3.16. The molecule has 0 saturated carbocycles. The number of hydrogen-bond donors (Lipinski definition) is 0. The van der Waals surface area contributed by atoms with Crippen LogP contribution in [0.1, 0.15) is 22.5 Å². The van der Waals surface area contributed by atoms with Gasteiger partial charge in [-0.05, 0) is 71.8 Å². The van der Waals surface area contributed by atoms with Crippen LogP contribution in [0.3, 0.4) is 0 Å². The summed E-state index contributed by atoms with van der Waals surface area (Å²) < 4.78 is 16.0. The summed E-state index contributed by atoms with van der Waals surface area (Å²) in [4.78, 5) is 15.3. The summed E-state index contributed by atoms with van der Waals surface area (Å²) >= 11 is 1.29. The van der Waals surface area contributed by atoms with Crippen LogP contribution in [0.2, 0.25) is 0 Å². The highest BCUT2D eigenvalue weighted by Crippen LogP contribution is 2.34. The van der Waals surface area contributed by atoms with E-state index >= 15 is 0 Å². The van der Waals surface area contributed by atoms with Gasteiger partial charge in [0.1, 0.15) is 5.76 Å². The summed E-state index contributed by atoms with van der Waals surface area (Å²) in [5, 5.41) is 9.04. The number of rotatable bonds is 7. The maximum Gasteiger partial charge on any atom is 0.267 e. The van der Waals surface area contributed by atoms with E-state index < -0.39 is 0 Å². The van der Waals surface area contributed by atoms with Crippen molar-refractivity contribution < 1.29 is 18.7 Å². The highest BCUT2D eigenvalue weighted by atomic mass is 32.2. The molecule has 8 heteroatoms. The number of hydrogen-bond acceptors (Lipinski definition) is 7. The molecule has 3 aromatic rings. The molecular weight excluding hydrogens is 438 g/mol. The summed E-state index contributed by atoms with van der Waals surface area (Å²) in [6.45, 7) is 2.29. The zero-order valence-electron chi connectivity index (χ0n) is 18.5. The van der Waals surface area contributed by atoms with Crippen molar-refractivity contribution in [1.82, 2.24) is 4.90 Å².